The summed E-state index contributed by atoms with van der Waals surface area (Å²) in [6, 6.07) is 13.6. The normalized spacial score (nSPS) is 18.1. The summed E-state index contributed by atoms with van der Waals surface area (Å²) in [6.07, 6.45) is -0.472. The van der Waals surface area contributed by atoms with Crippen molar-refractivity contribution in [2.45, 2.75) is 37.7 Å². The van der Waals surface area contributed by atoms with E-state index >= 15 is 0 Å². The Morgan fingerprint density at radius 2 is 1.71 bits per heavy atom. The Labute approximate surface area is 198 Å². The van der Waals surface area contributed by atoms with Gasteiger partial charge in [0.15, 0.2) is 6.10 Å². The number of carbonyl (C=O) groups excluding carboxylic acids is 3. The van der Waals surface area contributed by atoms with E-state index in [4.69, 9.17) is 4.74 Å². The minimum Gasteiger partial charge on any atom is -0.452 e. The number of rotatable bonds is 5. The second-order valence-electron chi connectivity index (χ2n) is 8.56. The van der Waals surface area contributed by atoms with Crippen molar-refractivity contribution < 1.29 is 27.5 Å². The Balaban J connectivity index is 1.35. The predicted molar refractivity (Wildman–Crippen MR) is 126 cm³/mol. The maximum Gasteiger partial charge on any atom is 0.309 e. The number of sulfonamides is 1. The molecule has 9 nitrogen and oxygen atoms in total. The Bertz CT molecular complexity index is 1200. The van der Waals surface area contributed by atoms with E-state index in [1.807, 2.05) is 6.92 Å². The predicted octanol–water partition coefficient (Wildman–Crippen LogP) is 2.31. The van der Waals surface area contributed by atoms with Gasteiger partial charge in [0, 0.05) is 13.1 Å². The monoisotopic (exact) mass is 485 g/mol. The number of nitrogens with one attached hydrogen (secondary N) is 1. The van der Waals surface area contributed by atoms with Gasteiger partial charge >= 0.3 is 5.97 Å². The van der Waals surface area contributed by atoms with Gasteiger partial charge in [0.05, 0.1) is 22.2 Å². The molecule has 2 aliphatic rings. The molecule has 0 saturated carbocycles. The van der Waals surface area contributed by atoms with E-state index in [0.717, 1.165) is 5.56 Å². The number of nitrogens with zero attached hydrogens (tertiary/aromatic N) is 2. The van der Waals surface area contributed by atoms with Crippen LogP contribution in [0, 0.1) is 12.8 Å². The van der Waals surface area contributed by atoms with E-state index in [-0.39, 0.29) is 30.4 Å². The topological polar surface area (TPSA) is 113 Å². The summed E-state index contributed by atoms with van der Waals surface area (Å²) in [4.78, 5) is 39.2. The molecule has 2 amide bonds. The minimum absolute atomic E-state index is 0.160. The quantitative estimate of drug-likeness (QED) is 0.651. The Kier molecular flexibility index (Phi) is 6.72. The molecule has 2 aromatic rings. The lowest BCUT2D eigenvalue weighted by Crippen LogP contribution is -2.47. The highest BCUT2D eigenvalue weighted by Crippen LogP contribution is 2.30. The number of carbonyl (C=O) groups is 3. The van der Waals surface area contributed by atoms with Crippen molar-refractivity contribution in [1.82, 2.24) is 4.31 Å². The van der Waals surface area contributed by atoms with Crippen LogP contribution < -0.4 is 10.2 Å². The number of fused-ring (bicyclic) bond motifs is 1. The van der Waals surface area contributed by atoms with Crippen LogP contribution in [0.4, 0.5) is 11.4 Å². The van der Waals surface area contributed by atoms with E-state index in [1.165, 1.54) is 16.1 Å². The third-order valence-corrected chi connectivity index (χ3v) is 8.04. The molecular formula is C24H27N3O6S. The Hall–Kier alpha value is -3.24. The van der Waals surface area contributed by atoms with Crippen molar-refractivity contribution in [1.29, 1.82) is 0 Å². The zero-order chi connectivity index (χ0) is 24.5. The van der Waals surface area contributed by atoms with Crippen LogP contribution in [0.25, 0.3) is 0 Å². The molecule has 0 unspecified atom stereocenters. The van der Waals surface area contributed by atoms with Gasteiger partial charge in [-0.3, -0.25) is 19.3 Å². The zero-order valence-corrected chi connectivity index (χ0v) is 19.9. The van der Waals surface area contributed by atoms with Gasteiger partial charge in [0.2, 0.25) is 15.9 Å². The number of piperidine rings is 1. The number of amides is 2. The molecule has 0 aromatic heterocycles. The summed E-state index contributed by atoms with van der Waals surface area (Å²) in [5.41, 5.74) is 2.04. The van der Waals surface area contributed by atoms with E-state index < -0.39 is 33.9 Å². The van der Waals surface area contributed by atoms with Crippen molar-refractivity contribution in [2.24, 2.45) is 5.92 Å². The number of hydrogen-bond acceptors (Lipinski definition) is 6. The molecule has 1 fully saturated rings. The fourth-order valence-electron chi connectivity index (χ4n) is 4.16. The molecule has 10 heteroatoms. The van der Waals surface area contributed by atoms with Gasteiger partial charge < -0.3 is 10.1 Å². The number of ether oxygens (including phenoxy) is 1. The first-order valence-corrected chi connectivity index (χ1v) is 12.6. The van der Waals surface area contributed by atoms with Crippen LogP contribution in [0.2, 0.25) is 0 Å². The standard InChI is InChI=1S/C24H27N3O6S/c1-16-7-9-19(10-8-16)34(31,32)26-13-11-18(12-14-26)24(30)33-17(2)23(29)27-15-22(28)25-20-5-3-4-6-21(20)27/h3-10,17-18H,11-15H2,1-2H3,(H,25,28)/t17-/m1/s1. The highest BCUT2D eigenvalue weighted by atomic mass is 32.2. The third-order valence-electron chi connectivity index (χ3n) is 6.12. The summed E-state index contributed by atoms with van der Waals surface area (Å²) in [7, 11) is -3.63. The number of esters is 1. The molecule has 1 N–H and O–H groups in total. The van der Waals surface area contributed by atoms with Gasteiger partial charge in [-0.25, -0.2) is 8.42 Å². The van der Waals surface area contributed by atoms with E-state index in [2.05, 4.69) is 5.32 Å². The van der Waals surface area contributed by atoms with Gasteiger partial charge in [-0.2, -0.15) is 4.31 Å². The zero-order valence-electron chi connectivity index (χ0n) is 19.1. The smallest absolute Gasteiger partial charge is 0.309 e. The van der Waals surface area contributed by atoms with Gasteiger partial charge in [-0.15, -0.1) is 0 Å². The minimum atomic E-state index is -3.63. The van der Waals surface area contributed by atoms with Crippen LogP contribution in [0.1, 0.15) is 25.3 Å². The Morgan fingerprint density at radius 3 is 2.38 bits per heavy atom. The molecule has 4 rings (SSSR count). The molecule has 180 valence electrons. The van der Waals surface area contributed by atoms with E-state index in [9.17, 15) is 22.8 Å². The van der Waals surface area contributed by atoms with Crippen molar-refractivity contribution in [3.05, 3.63) is 54.1 Å². The van der Waals surface area contributed by atoms with Gasteiger partial charge in [0.25, 0.3) is 5.91 Å². The molecule has 1 saturated heterocycles. The Morgan fingerprint density at radius 1 is 1.06 bits per heavy atom. The van der Waals surface area contributed by atoms with E-state index in [0.29, 0.717) is 24.2 Å². The van der Waals surface area contributed by atoms with Crippen molar-refractivity contribution in [2.75, 3.05) is 29.9 Å². The van der Waals surface area contributed by atoms with Crippen LogP contribution in [0.5, 0.6) is 0 Å². The summed E-state index contributed by atoms with van der Waals surface area (Å²) in [6.45, 7) is 3.59. The van der Waals surface area contributed by atoms with E-state index in [1.54, 1.807) is 48.5 Å². The maximum atomic E-state index is 13.0. The second-order valence-corrected chi connectivity index (χ2v) is 10.5. The molecule has 0 bridgehead atoms. The van der Waals surface area contributed by atoms with Crippen molar-refractivity contribution in [3.63, 3.8) is 0 Å². The highest BCUT2D eigenvalue weighted by Gasteiger charge is 2.36. The van der Waals surface area contributed by atoms with Crippen molar-refractivity contribution in [3.8, 4) is 0 Å². The first-order chi connectivity index (χ1) is 16.2. The van der Waals surface area contributed by atoms with Crippen LogP contribution in [-0.2, 0) is 29.1 Å². The molecule has 0 spiro atoms. The summed E-state index contributed by atoms with van der Waals surface area (Å²) in [5, 5.41) is 2.71. The van der Waals surface area contributed by atoms with Gasteiger partial charge in [-0.05, 0) is 51.0 Å². The lowest BCUT2D eigenvalue weighted by atomic mass is 9.98. The molecular weight excluding hydrogens is 458 g/mol. The van der Waals surface area contributed by atoms with Crippen LogP contribution in [0.3, 0.4) is 0 Å². The highest BCUT2D eigenvalue weighted by molar-refractivity contribution is 7.89. The SMILES string of the molecule is Cc1ccc(S(=O)(=O)N2CCC(C(=O)O[C@H](C)C(=O)N3CC(=O)Nc4ccccc43)CC2)cc1. The maximum absolute atomic E-state index is 13.0. The van der Waals surface area contributed by atoms with Crippen LogP contribution >= 0.6 is 0 Å². The average molecular weight is 486 g/mol. The molecule has 2 aliphatic heterocycles. The first kappa shape index (κ1) is 23.9. The molecule has 34 heavy (non-hydrogen) atoms. The van der Waals surface area contributed by atoms with Crippen LogP contribution in [0.15, 0.2) is 53.4 Å². The average Bonchev–Trinajstić information content (AvgIpc) is 2.83. The van der Waals surface area contributed by atoms with Gasteiger partial charge in [0.1, 0.15) is 6.54 Å². The number of aryl methyl sites for hydroxylation is 1. The molecule has 1 atom stereocenters. The van der Waals surface area contributed by atoms with Gasteiger partial charge in [-0.1, -0.05) is 29.8 Å². The third kappa shape index (κ3) is 4.83. The summed E-state index contributed by atoms with van der Waals surface area (Å²) < 4.78 is 32.6. The lowest BCUT2D eigenvalue weighted by Gasteiger charge is -2.32. The van der Waals surface area contributed by atoms with Crippen LogP contribution in [-0.4, -0.2) is 56.2 Å². The number of hydrogen-bond donors (Lipinski definition) is 1. The second kappa shape index (κ2) is 9.55. The molecule has 0 aliphatic carbocycles. The number of anilines is 2. The number of benzene rings is 2. The van der Waals surface area contributed by atoms with Crippen molar-refractivity contribution >= 4 is 39.2 Å². The fraction of sp³-hybridized carbons (Fsp3) is 0.375. The molecule has 2 heterocycles. The number of para-hydroxylation sites is 2. The molecule has 0 radical (unpaired) electrons. The lowest BCUT2D eigenvalue weighted by molar-refractivity contribution is -0.159. The fourth-order valence-corrected chi connectivity index (χ4v) is 5.63. The first-order valence-electron chi connectivity index (χ1n) is 11.1. The summed E-state index contributed by atoms with van der Waals surface area (Å²) >= 11 is 0. The molecule has 2 aromatic carbocycles. The summed E-state index contributed by atoms with van der Waals surface area (Å²) in [5.74, 6) is -1.86. The largest absolute Gasteiger partial charge is 0.452 e.